The van der Waals surface area contributed by atoms with E-state index in [0.29, 0.717) is 13.0 Å². The van der Waals surface area contributed by atoms with Crippen molar-refractivity contribution >= 4 is 23.0 Å². The zero-order valence-electron chi connectivity index (χ0n) is 24.7. The summed E-state index contributed by atoms with van der Waals surface area (Å²) in [7, 11) is 0. The zero-order valence-corrected chi connectivity index (χ0v) is 24.7. The first kappa shape index (κ1) is 31.5. The Balaban J connectivity index is 1.22. The van der Waals surface area contributed by atoms with Gasteiger partial charge in [-0.05, 0) is 69.4 Å². The van der Waals surface area contributed by atoms with Crippen molar-refractivity contribution in [1.82, 2.24) is 9.88 Å². The number of carbonyl (C=O) groups excluding carboxylic acids is 2. The van der Waals surface area contributed by atoms with Crippen LogP contribution < -0.4 is 0 Å². The molecule has 0 spiro atoms. The predicted octanol–water partition coefficient (Wildman–Crippen LogP) is 9.01. The van der Waals surface area contributed by atoms with E-state index in [1.165, 1.54) is 49.5 Å². The minimum Gasteiger partial charge on any atom is -0.425 e. The molecule has 1 unspecified atom stereocenters. The van der Waals surface area contributed by atoms with Crippen LogP contribution in [0.25, 0.3) is 10.9 Å². The second-order valence-electron chi connectivity index (χ2n) is 11.0. The van der Waals surface area contributed by atoms with Gasteiger partial charge in [0, 0.05) is 43.0 Å². The number of unbranched alkanes of at least 4 members (excludes halogenated alkanes) is 8. The molecule has 1 aromatic carbocycles. The van der Waals surface area contributed by atoms with Crippen LogP contribution in [-0.2, 0) is 20.7 Å². The average Bonchev–Trinajstić information content (AvgIpc) is 3.58. The molecule has 1 N–H and O–H groups in total. The number of H-pyrrole nitrogens is 1. The molecule has 1 aliphatic heterocycles. The summed E-state index contributed by atoms with van der Waals surface area (Å²) in [6.07, 6.45) is 25.4. The first-order valence-electron chi connectivity index (χ1n) is 15.6. The van der Waals surface area contributed by atoms with E-state index in [9.17, 15) is 9.59 Å². The second-order valence-corrected chi connectivity index (χ2v) is 11.0. The van der Waals surface area contributed by atoms with Crippen LogP contribution in [-0.4, -0.2) is 40.8 Å². The van der Waals surface area contributed by atoms with Crippen LogP contribution in [0.1, 0.15) is 109 Å². The summed E-state index contributed by atoms with van der Waals surface area (Å²) in [5, 5.41) is 1.19. The van der Waals surface area contributed by atoms with Gasteiger partial charge in [-0.2, -0.15) is 0 Å². The number of amides is 1. The first-order chi connectivity index (χ1) is 19.6. The number of hydrogen-bond acceptors (Lipinski definition) is 4. The van der Waals surface area contributed by atoms with Crippen LogP contribution in [0, 0.1) is 0 Å². The van der Waals surface area contributed by atoms with Crippen LogP contribution in [0.3, 0.4) is 0 Å². The van der Waals surface area contributed by atoms with Crippen LogP contribution in [0.5, 0.6) is 0 Å². The molecule has 2 atom stereocenters. The number of ether oxygens (including phenoxy) is 2. The lowest BCUT2D eigenvalue weighted by Crippen LogP contribution is -2.39. The minimum absolute atomic E-state index is 0.0854. The maximum absolute atomic E-state index is 12.8. The van der Waals surface area contributed by atoms with E-state index in [0.717, 1.165) is 56.9 Å². The number of carbonyl (C=O) groups is 2. The molecule has 3 rings (SSSR count). The van der Waals surface area contributed by atoms with Gasteiger partial charge in [-0.1, -0.05) is 81.5 Å². The fraction of sp³-hybridized carbons (Fsp3) is 0.588. The van der Waals surface area contributed by atoms with Crippen molar-refractivity contribution in [2.45, 2.75) is 122 Å². The molecule has 1 aliphatic rings. The third kappa shape index (κ3) is 11.2. The number of nitrogens with one attached hydrogen (secondary N) is 1. The number of rotatable bonds is 18. The van der Waals surface area contributed by atoms with Crippen molar-refractivity contribution in [1.29, 1.82) is 0 Å². The standard InChI is InChI=1S/C34H50N2O4/c1-3-4-5-6-7-8-9-10-11-12-13-14-15-16-17-24-33(37)39-28(2)40-34(38)36-25-20-21-30(36)26-29-27-35-32-23-19-18-22-31(29)32/h7-8,10-11,18-19,22-23,27-28,30,35H,3-6,9,12-17,20-21,24-26H2,1-2H3/b8-7-,11-10-/t28?,30-/m0/s1. The average molecular weight is 551 g/mol. The molecule has 6 nitrogen and oxygen atoms in total. The Morgan fingerprint density at radius 3 is 2.50 bits per heavy atom. The molecule has 0 saturated carbocycles. The number of nitrogens with zero attached hydrogens (tertiary/aromatic N) is 1. The summed E-state index contributed by atoms with van der Waals surface area (Å²) >= 11 is 0. The van der Waals surface area contributed by atoms with Crippen LogP contribution in [0.15, 0.2) is 54.8 Å². The molecule has 40 heavy (non-hydrogen) atoms. The third-order valence-electron chi connectivity index (χ3n) is 7.64. The van der Waals surface area contributed by atoms with E-state index in [-0.39, 0.29) is 12.0 Å². The monoisotopic (exact) mass is 550 g/mol. The number of esters is 1. The number of aromatic nitrogens is 1. The summed E-state index contributed by atoms with van der Waals surface area (Å²) in [4.78, 5) is 30.2. The SMILES string of the molecule is CCCCC/C=C\C/C=C\CCCCCCCC(=O)OC(C)OC(=O)N1CCC[C@H]1Cc1c[nH]c2ccccc12. The zero-order chi connectivity index (χ0) is 28.4. The predicted molar refractivity (Wildman–Crippen MR) is 163 cm³/mol. The van der Waals surface area contributed by atoms with Gasteiger partial charge in [-0.3, -0.25) is 4.79 Å². The van der Waals surface area contributed by atoms with Crippen LogP contribution in [0.4, 0.5) is 4.79 Å². The smallest absolute Gasteiger partial charge is 0.413 e. The molecule has 0 radical (unpaired) electrons. The highest BCUT2D eigenvalue weighted by atomic mass is 16.7. The number of benzene rings is 1. The highest BCUT2D eigenvalue weighted by Gasteiger charge is 2.31. The van der Waals surface area contributed by atoms with Crippen molar-refractivity contribution in [3.8, 4) is 0 Å². The largest absolute Gasteiger partial charge is 0.425 e. The maximum atomic E-state index is 12.8. The molecule has 0 bridgehead atoms. The second kappa shape index (κ2) is 18.4. The van der Waals surface area contributed by atoms with E-state index in [1.54, 1.807) is 11.8 Å². The fourth-order valence-corrected chi connectivity index (χ4v) is 5.40. The lowest BCUT2D eigenvalue weighted by atomic mass is 10.0. The third-order valence-corrected chi connectivity index (χ3v) is 7.64. The van der Waals surface area contributed by atoms with Crippen molar-refractivity contribution in [3.05, 3.63) is 60.3 Å². The number of para-hydroxylation sites is 1. The Hall–Kier alpha value is -3.02. The summed E-state index contributed by atoms with van der Waals surface area (Å²) in [6.45, 7) is 4.52. The number of aromatic amines is 1. The Labute approximate surface area is 241 Å². The molecule has 1 saturated heterocycles. The molecule has 1 amide bonds. The summed E-state index contributed by atoms with van der Waals surface area (Å²) in [6, 6.07) is 8.30. The molecule has 1 fully saturated rings. The molecule has 2 aromatic rings. The van der Waals surface area contributed by atoms with Gasteiger partial charge in [0.15, 0.2) is 0 Å². The Morgan fingerprint density at radius 1 is 0.975 bits per heavy atom. The van der Waals surface area contributed by atoms with Crippen LogP contribution in [0.2, 0.25) is 0 Å². The minimum atomic E-state index is -0.882. The molecule has 2 heterocycles. The summed E-state index contributed by atoms with van der Waals surface area (Å²) in [5.41, 5.74) is 2.31. The first-order valence-corrected chi connectivity index (χ1v) is 15.6. The summed E-state index contributed by atoms with van der Waals surface area (Å²) in [5.74, 6) is -0.303. The summed E-state index contributed by atoms with van der Waals surface area (Å²) < 4.78 is 10.9. The normalized spacial score (nSPS) is 16.4. The Morgan fingerprint density at radius 2 is 1.70 bits per heavy atom. The van der Waals surface area contributed by atoms with Crippen molar-refractivity contribution in [2.24, 2.45) is 0 Å². The molecule has 0 aliphatic carbocycles. The van der Waals surface area contributed by atoms with Crippen molar-refractivity contribution in [2.75, 3.05) is 6.54 Å². The fourth-order valence-electron chi connectivity index (χ4n) is 5.40. The van der Waals surface area contributed by atoms with E-state index in [4.69, 9.17) is 9.47 Å². The number of allylic oxidation sites excluding steroid dienone is 4. The van der Waals surface area contributed by atoms with Gasteiger partial charge in [0.1, 0.15) is 0 Å². The van der Waals surface area contributed by atoms with Crippen molar-refractivity contribution < 1.29 is 19.1 Å². The van der Waals surface area contributed by atoms with Gasteiger partial charge in [-0.25, -0.2) is 4.79 Å². The Bertz CT molecular complexity index is 1070. The highest BCUT2D eigenvalue weighted by Crippen LogP contribution is 2.26. The number of hydrogen-bond donors (Lipinski definition) is 1. The topological polar surface area (TPSA) is 71.6 Å². The van der Waals surface area contributed by atoms with Gasteiger partial charge >= 0.3 is 12.1 Å². The number of likely N-dealkylation sites (tertiary alicyclic amines) is 1. The lowest BCUT2D eigenvalue weighted by Gasteiger charge is -2.25. The van der Waals surface area contributed by atoms with Gasteiger partial charge in [0.25, 0.3) is 0 Å². The van der Waals surface area contributed by atoms with Crippen LogP contribution >= 0.6 is 0 Å². The quantitative estimate of drug-likeness (QED) is 0.0870. The molecule has 220 valence electrons. The molecular formula is C34H50N2O4. The van der Waals surface area contributed by atoms with Crippen molar-refractivity contribution in [3.63, 3.8) is 0 Å². The van der Waals surface area contributed by atoms with Gasteiger partial charge < -0.3 is 19.4 Å². The maximum Gasteiger partial charge on any atom is 0.413 e. The van der Waals surface area contributed by atoms with Gasteiger partial charge in [0.05, 0.1) is 0 Å². The molecule has 1 aromatic heterocycles. The van der Waals surface area contributed by atoms with E-state index >= 15 is 0 Å². The molecule has 6 heteroatoms. The van der Waals surface area contributed by atoms with Gasteiger partial charge in [-0.15, -0.1) is 0 Å². The highest BCUT2D eigenvalue weighted by molar-refractivity contribution is 5.83. The van der Waals surface area contributed by atoms with E-state index < -0.39 is 12.4 Å². The van der Waals surface area contributed by atoms with E-state index in [1.807, 2.05) is 18.3 Å². The number of fused-ring (bicyclic) bond motifs is 1. The van der Waals surface area contributed by atoms with Gasteiger partial charge in [0.2, 0.25) is 6.29 Å². The Kier molecular flexibility index (Phi) is 14.5. The van der Waals surface area contributed by atoms with E-state index in [2.05, 4.69) is 48.3 Å². The molecular weight excluding hydrogens is 500 g/mol. The lowest BCUT2D eigenvalue weighted by molar-refractivity contribution is -0.166.